The number of Topliss-reactive ketones (excluding diaryl/α,β-unsaturated/α-hetero) is 2. The highest BCUT2D eigenvalue weighted by atomic mass is 79.9. The van der Waals surface area contributed by atoms with E-state index in [1.807, 2.05) is 51.1 Å². The molecule has 45 heavy (non-hydrogen) atoms. The van der Waals surface area contributed by atoms with Crippen molar-refractivity contribution in [1.29, 1.82) is 0 Å². The summed E-state index contributed by atoms with van der Waals surface area (Å²) in [4.78, 5) is 38.3. The Balaban J connectivity index is 0.000000194. The molecule has 0 spiro atoms. The van der Waals surface area contributed by atoms with Crippen LogP contribution in [-0.4, -0.2) is 33.9 Å². The molecule has 0 amide bonds. The van der Waals surface area contributed by atoms with Crippen LogP contribution in [-0.2, 0) is 16.7 Å². The van der Waals surface area contributed by atoms with E-state index in [0.29, 0.717) is 45.4 Å². The number of pyridine rings is 1. The van der Waals surface area contributed by atoms with Crippen molar-refractivity contribution in [2.75, 3.05) is 7.11 Å². The minimum absolute atomic E-state index is 0.0241. The molecule has 2 N–H and O–H groups in total. The summed E-state index contributed by atoms with van der Waals surface area (Å²) in [5, 5.41) is 20.2. The molecule has 5 rings (SSSR count). The van der Waals surface area contributed by atoms with E-state index in [-0.39, 0.29) is 28.5 Å². The highest BCUT2D eigenvalue weighted by Crippen LogP contribution is 2.27. The van der Waals surface area contributed by atoms with Crippen LogP contribution < -0.4 is 5.43 Å². The molecule has 2 aromatic heterocycles. The van der Waals surface area contributed by atoms with Gasteiger partial charge in [-0.1, -0.05) is 39.7 Å². The maximum atomic E-state index is 12.3. The number of fused-ring (bicyclic) bond motifs is 1. The van der Waals surface area contributed by atoms with Gasteiger partial charge < -0.3 is 19.4 Å². The number of hydrogen-bond acceptors (Lipinski definition) is 8. The Morgan fingerprint density at radius 1 is 0.822 bits per heavy atom. The number of nitrogens with zero attached hydrogens (tertiary/aromatic N) is 1. The molecule has 3 aromatic carbocycles. The Hall–Kier alpha value is -4.60. The molecular weight excluding hydrogens is 638 g/mol. The highest BCUT2D eigenvalue weighted by molar-refractivity contribution is 9.08. The van der Waals surface area contributed by atoms with E-state index in [1.165, 1.54) is 26.0 Å². The standard InChI is InChI=1S/C16H12BrNO2.C11H14O3.C9H10O2/c1-10-6-12(9-17)16-13(7-10)14(19)8-15(20-16)11-2-4-18-5-3-11;1-7-4-9(6-14-3)11(13)10(5-7)8(2)12;1-6-3-4-9(11)8(5-6)7(2)10/h2-8H,9H2,1H3;4-5,13H,6H2,1-3H3;3-5,11H,1-2H3. The van der Waals surface area contributed by atoms with Crippen LogP contribution in [0.15, 0.2) is 82.3 Å². The topological polar surface area (TPSA) is 127 Å². The minimum atomic E-state index is -0.136. The molecular formula is C36H36BrNO7. The third-order valence-electron chi connectivity index (χ3n) is 6.70. The number of phenolic OH excluding ortho intramolecular Hbond substituents is 2. The molecule has 0 fully saturated rings. The average Bonchev–Trinajstić information content (AvgIpc) is 3.01. The average molecular weight is 675 g/mol. The van der Waals surface area contributed by atoms with Gasteiger partial charge in [-0.2, -0.15) is 0 Å². The molecule has 0 aliphatic carbocycles. The monoisotopic (exact) mass is 673 g/mol. The maximum absolute atomic E-state index is 12.3. The number of rotatable bonds is 6. The van der Waals surface area contributed by atoms with Gasteiger partial charge in [0.05, 0.1) is 23.1 Å². The van der Waals surface area contributed by atoms with E-state index in [0.717, 1.165) is 27.8 Å². The van der Waals surface area contributed by atoms with Crippen LogP contribution in [0.1, 0.15) is 62.4 Å². The van der Waals surface area contributed by atoms with Crippen LogP contribution in [0, 0.1) is 20.8 Å². The van der Waals surface area contributed by atoms with Crippen molar-refractivity contribution in [2.24, 2.45) is 0 Å². The van der Waals surface area contributed by atoms with Crippen LogP contribution in [0.3, 0.4) is 0 Å². The zero-order valence-electron chi connectivity index (χ0n) is 26.1. The van der Waals surface area contributed by atoms with E-state index in [4.69, 9.17) is 9.15 Å². The van der Waals surface area contributed by atoms with Gasteiger partial charge in [-0.25, -0.2) is 0 Å². The summed E-state index contributed by atoms with van der Waals surface area (Å²) in [5.41, 5.74) is 6.83. The Morgan fingerprint density at radius 2 is 1.42 bits per heavy atom. The lowest BCUT2D eigenvalue weighted by molar-refractivity contribution is 0.100. The number of alkyl halides is 1. The number of aromatic hydroxyl groups is 2. The van der Waals surface area contributed by atoms with Crippen molar-refractivity contribution in [3.8, 4) is 22.8 Å². The van der Waals surface area contributed by atoms with Gasteiger partial charge in [-0.3, -0.25) is 19.4 Å². The largest absolute Gasteiger partial charge is 0.507 e. The van der Waals surface area contributed by atoms with E-state index in [1.54, 1.807) is 37.7 Å². The fourth-order valence-electron chi connectivity index (χ4n) is 4.57. The number of methoxy groups -OCH3 is 1. The van der Waals surface area contributed by atoms with E-state index in [2.05, 4.69) is 20.9 Å². The molecule has 0 bridgehead atoms. The Morgan fingerprint density at radius 3 is 2.00 bits per heavy atom. The van der Waals surface area contributed by atoms with Crippen molar-refractivity contribution in [1.82, 2.24) is 4.98 Å². The molecule has 8 nitrogen and oxygen atoms in total. The van der Waals surface area contributed by atoms with Crippen molar-refractivity contribution >= 4 is 38.5 Å². The second-order valence-electron chi connectivity index (χ2n) is 10.5. The molecule has 0 aliphatic heterocycles. The number of carbonyl (C=O) groups is 2. The smallest absolute Gasteiger partial charge is 0.193 e. The number of hydrogen-bond donors (Lipinski definition) is 2. The third-order valence-corrected chi connectivity index (χ3v) is 7.31. The SMILES string of the molecule is CC(=O)c1cc(C)ccc1O.COCc1cc(C)cc(C(C)=O)c1O.Cc1cc(CBr)c2oc(-c3ccncc3)cc(=O)c2c1. The number of carbonyl (C=O) groups excluding carboxylic acids is 2. The van der Waals surface area contributed by atoms with Crippen LogP contribution in [0.4, 0.5) is 0 Å². The van der Waals surface area contributed by atoms with Crippen molar-refractivity contribution in [2.45, 2.75) is 46.6 Å². The van der Waals surface area contributed by atoms with Crippen molar-refractivity contribution in [3.63, 3.8) is 0 Å². The van der Waals surface area contributed by atoms with Crippen LogP contribution in [0.25, 0.3) is 22.3 Å². The Bertz CT molecular complexity index is 1880. The molecule has 0 saturated carbocycles. The molecule has 0 aliphatic rings. The van der Waals surface area contributed by atoms with Crippen LogP contribution in [0.2, 0.25) is 0 Å². The lowest BCUT2D eigenvalue weighted by atomic mass is 10.0. The van der Waals surface area contributed by atoms with Gasteiger partial charge in [0, 0.05) is 47.6 Å². The fraction of sp³-hybridized carbons (Fsp3) is 0.222. The molecule has 0 saturated heterocycles. The number of ether oxygens (including phenoxy) is 1. The molecule has 0 atom stereocenters. The predicted octanol–water partition coefficient (Wildman–Crippen LogP) is 8.01. The van der Waals surface area contributed by atoms with Gasteiger partial charge >= 0.3 is 0 Å². The zero-order chi connectivity index (χ0) is 33.3. The summed E-state index contributed by atoms with van der Waals surface area (Å²) in [7, 11) is 1.55. The summed E-state index contributed by atoms with van der Waals surface area (Å²) >= 11 is 3.45. The Kier molecular flexibility index (Phi) is 12.3. The molecule has 234 valence electrons. The Labute approximate surface area is 270 Å². The van der Waals surface area contributed by atoms with Gasteiger partial charge in [0.25, 0.3) is 0 Å². The van der Waals surface area contributed by atoms with E-state index >= 15 is 0 Å². The van der Waals surface area contributed by atoms with Gasteiger partial charge in [-0.15, -0.1) is 0 Å². The third kappa shape index (κ3) is 9.20. The summed E-state index contributed by atoms with van der Waals surface area (Å²) in [6.45, 7) is 8.92. The lowest BCUT2D eigenvalue weighted by Crippen LogP contribution is -2.02. The number of halogens is 1. The fourth-order valence-corrected chi connectivity index (χ4v) is 4.98. The van der Waals surface area contributed by atoms with Gasteiger partial charge in [0.1, 0.15) is 22.8 Å². The first-order valence-electron chi connectivity index (χ1n) is 14.0. The maximum Gasteiger partial charge on any atom is 0.193 e. The van der Waals surface area contributed by atoms with Crippen LogP contribution in [0.5, 0.6) is 11.5 Å². The van der Waals surface area contributed by atoms with Gasteiger partial charge in [0.15, 0.2) is 17.0 Å². The molecule has 9 heteroatoms. The normalized spacial score (nSPS) is 10.4. The lowest BCUT2D eigenvalue weighted by Gasteiger charge is -2.08. The second kappa shape index (κ2) is 15.9. The van der Waals surface area contributed by atoms with Crippen molar-refractivity contribution in [3.05, 3.63) is 122 Å². The van der Waals surface area contributed by atoms with Crippen molar-refractivity contribution < 1.29 is 29.0 Å². The first-order valence-corrected chi connectivity index (χ1v) is 15.1. The summed E-state index contributed by atoms with van der Waals surface area (Å²) < 4.78 is 10.9. The molecule has 5 aromatic rings. The van der Waals surface area contributed by atoms with Crippen LogP contribution >= 0.6 is 15.9 Å². The predicted molar refractivity (Wildman–Crippen MR) is 179 cm³/mol. The number of ketones is 2. The zero-order valence-corrected chi connectivity index (χ0v) is 27.7. The number of aryl methyl sites for hydroxylation is 3. The number of aromatic nitrogens is 1. The number of phenols is 2. The van der Waals surface area contributed by atoms with E-state index < -0.39 is 0 Å². The van der Waals surface area contributed by atoms with Gasteiger partial charge in [-0.05, 0) is 82.1 Å². The first kappa shape index (κ1) is 34.9. The van der Waals surface area contributed by atoms with E-state index in [9.17, 15) is 24.6 Å². The molecule has 0 unspecified atom stereocenters. The second-order valence-corrected chi connectivity index (χ2v) is 11.1. The van der Waals surface area contributed by atoms with Gasteiger partial charge in [0.2, 0.25) is 0 Å². The molecule has 0 radical (unpaired) electrons. The molecule has 2 heterocycles. The number of benzene rings is 3. The quantitative estimate of drug-likeness (QED) is 0.137. The first-order chi connectivity index (χ1) is 21.4. The summed E-state index contributed by atoms with van der Waals surface area (Å²) in [6, 6.07) is 17.5. The summed E-state index contributed by atoms with van der Waals surface area (Å²) in [5.74, 6) is 0.416. The highest BCUT2D eigenvalue weighted by Gasteiger charge is 2.12. The minimum Gasteiger partial charge on any atom is -0.507 e. The summed E-state index contributed by atoms with van der Waals surface area (Å²) in [6.07, 6.45) is 3.36.